The summed E-state index contributed by atoms with van der Waals surface area (Å²) in [4.78, 5) is 15.9. The number of para-hydroxylation sites is 1. The fourth-order valence-electron chi connectivity index (χ4n) is 2.24. The molecule has 0 fully saturated rings. The fraction of sp³-hybridized carbons (Fsp3) is 0.133. The second-order valence-electron chi connectivity index (χ2n) is 4.82. The first-order valence-electron chi connectivity index (χ1n) is 6.51. The van der Waals surface area contributed by atoms with Crippen molar-refractivity contribution in [2.45, 2.75) is 13.0 Å². The molecule has 2 aromatic rings. The zero-order valence-electron chi connectivity index (χ0n) is 11.6. The number of thiazole rings is 1. The molecule has 0 amide bonds. The van der Waals surface area contributed by atoms with Gasteiger partial charge >= 0.3 is 5.97 Å². The SMILES string of the molecule is CC(C(=O)O)n1c(O)c(C=C2C=Nc3ccccc32)sc1=S. The van der Waals surface area contributed by atoms with Gasteiger partial charge in [-0.25, -0.2) is 4.79 Å². The van der Waals surface area contributed by atoms with Crippen molar-refractivity contribution in [1.29, 1.82) is 0 Å². The lowest BCUT2D eigenvalue weighted by molar-refractivity contribution is -0.140. The largest absolute Gasteiger partial charge is 0.493 e. The minimum absolute atomic E-state index is 0.129. The van der Waals surface area contributed by atoms with Crippen LogP contribution in [0.15, 0.2) is 29.3 Å². The van der Waals surface area contributed by atoms with Crippen molar-refractivity contribution < 1.29 is 15.0 Å². The Balaban J connectivity index is 2.07. The second-order valence-corrected chi connectivity index (χ2v) is 6.49. The summed E-state index contributed by atoms with van der Waals surface area (Å²) in [6.07, 6.45) is 3.49. The number of hydrogen-bond donors (Lipinski definition) is 2. The highest BCUT2D eigenvalue weighted by atomic mass is 32.1. The number of aromatic hydroxyl groups is 1. The highest BCUT2D eigenvalue weighted by Crippen LogP contribution is 2.36. The molecule has 22 heavy (non-hydrogen) atoms. The van der Waals surface area contributed by atoms with Crippen LogP contribution in [0, 0.1) is 3.95 Å². The molecule has 1 atom stereocenters. The number of aliphatic carboxylic acids is 1. The zero-order chi connectivity index (χ0) is 15.9. The monoisotopic (exact) mass is 332 g/mol. The van der Waals surface area contributed by atoms with Crippen LogP contribution in [0.25, 0.3) is 11.6 Å². The van der Waals surface area contributed by atoms with Gasteiger partial charge in [0.2, 0.25) is 5.88 Å². The molecule has 0 saturated carbocycles. The van der Waals surface area contributed by atoms with E-state index in [1.807, 2.05) is 24.3 Å². The smallest absolute Gasteiger partial charge is 0.326 e. The third kappa shape index (κ3) is 2.38. The van der Waals surface area contributed by atoms with Gasteiger partial charge in [0.05, 0.1) is 10.6 Å². The van der Waals surface area contributed by atoms with E-state index in [0.29, 0.717) is 8.83 Å². The molecule has 1 aliphatic rings. The lowest BCUT2D eigenvalue weighted by Gasteiger charge is -2.09. The number of fused-ring (bicyclic) bond motifs is 1. The topological polar surface area (TPSA) is 74.8 Å². The van der Waals surface area contributed by atoms with E-state index in [-0.39, 0.29) is 5.88 Å². The van der Waals surface area contributed by atoms with Crippen LogP contribution in [0.5, 0.6) is 5.88 Å². The fourth-order valence-corrected chi connectivity index (χ4v) is 3.66. The number of allylic oxidation sites excluding steroid dienone is 1. The highest BCUT2D eigenvalue weighted by molar-refractivity contribution is 7.73. The molecule has 0 bridgehead atoms. The number of rotatable bonds is 3. The standard InChI is InChI=1S/C15H12N2O3S2/c1-8(14(19)20)17-13(18)12(22-15(17)21)6-9-7-16-11-5-3-2-4-10(9)11/h2-8,18H,1H3,(H,19,20). The number of benzene rings is 1. The quantitative estimate of drug-likeness (QED) is 0.836. The Kier molecular flexibility index (Phi) is 3.67. The highest BCUT2D eigenvalue weighted by Gasteiger charge is 2.21. The number of carboxylic acid groups (broad SMARTS) is 1. The Morgan fingerprint density at radius 1 is 1.45 bits per heavy atom. The normalized spacial score (nSPS) is 16.0. The van der Waals surface area contributed by atoms with Gasteiger partial charge in [-0.2, -0.15) is 0 Å². The molecule has 5 nitrogen and oxygen atoms in total. The summed E-state index contributed by atoms with van der Waals surface area (Å²) >= 11 is 6.34. The van der Waals surface area contributed by atoms with Gasteiger partial charge in [0.25, 0.3) is 0 Å². The number of aliphatic imine (C=N–C) groups is 1. The number of carboxylic acids is 1. The molecule has 7 heteroatoms. The first-order valence-corrected chi connectivity index (χ1v) is 7.74. The molecule has 1 aromatic carbocycles. The molecule has 2 heterocycles. The predicted molar refractivity (Wildman–Crippen MR) is 89.6 cm³/mol. The summed E-state index contributed by atoms with van der Waals surface area (Å²) in [5, 5.41) is 19.4. The molecule has 112 valence electrons. The lowest BCUT2D eigenvalue weighted by Crippen LogP contribution is -2.14. The molecule has 2 N–H and O–H groups in total. The summed E-state index contributed by atoms with van der Waals surface area (Å²) in [7, 11) is 0. The molecule has 0 aliphatic carbocycles. The maximum atomic E-state index is 11.1. The number of nitrogens with zero attached hydrogens (tertiary/aromatic N) is 2. The van der Waals surface area contributed by atoms with E-state index in [2.05, 4.69) is 4.99 Å². The molecular weight excluding hydrogens is 320 g/mol. The van der Waals surface area contributed by atoms with E-state index < -0.39 is 12.0 Å². The van der Waals surface area contributed by atoms with Gasteiger partial charge < -0.3 is 10.2 Å². The van der Waals surface area contributed by atoms with Crippen molar-refractivity contribution in [2.75, 3.05) is 0 Å². The number of carbonyl (C=O) groups is 1. The van der Waals surface area contributed by atoms with Crippen molar-refractivity contribution >= 4 is 53.1 Å². The van der Waals surface area contributed by atoms with E-state index in [4.69, 9.17) is 17.3 Å². The van der Waals surface area contributed by atoms with Crippen molar-refractivity contribution in [2.24, 2.45) is 4.99 Å². The predicted octanol–water partition coefficient (Wildman–Crippen LogP) is 3.89. The number of hydrogen-bond acceptors (Lipinski definition) is 5. The summed E-state index contributed by atoms with van der Waals surface area (Å²) < 4.78 is 1.56. The van der Waals surface area contributed by atoms with E-state index in [1.165, 1.54) is 22.8 Å². The maximum absolute atomic E-state index is 11.1. The minimum atomic E-state index is -1.05. The first-order chi connectivity index (χ1) is 10.5. The minimum Gasteiger partial charge on any atom is -0.493 e. The molecule has 3 rings (SSSR count). The summed E-state index contributed by atoms with van der Waals surface area (Å²) in [6.45, 7) is 1.48. The van der Waals surface area contributed by atoms with Gasteiger partial charge in [0.1, 0.15) is 6.04 Å². The van der Waals surface area contributed by atoms with Gasteiger partial charge in [0.15, 0.2) is 3.95 Å². The van der Waals surface area contributed by atoms with E-state index >= 15 is 0 Å². The van der Waals surface area contributed by atoms with Gasteiger partial charge in [-0.05, 0) is 31.3 Å². The first kappa shape index (κ1) is 14.7. The molecule has 1 aromatic heterocycles. The molecule has 0 spiro atoms. The second kappa shape index (κ2) is 5.51. The maximum Gasteiger partial charge on any atom is 0.326 e. The Labute approximate surface area is 135 Å². The van der Waals surface area contributed by atoms with Crippen LogP contribution < -0.4 is 0 Å². The lowest BCUT2D eigenvalue weighted by atomic mass is 10.1. The molecular formula is C15H12N2O3S2. The van der Waals surface area contributed by atoms with Crippen LogP contribution in [0.4, 0.5) is 5.69 Å². The van der Waals surface area contributed by atoms with Crippen molar-refractivity contribution in [3.05, 3.63) is 38.7 Å². The number of aromatic nitrogens is 1. The summed E-state index contributed by atoms with van der Waals surface area (Å²) in [5.41, 5.74) is 2.70. The van der Waals surface area contributed by atoms with Crippen LogP contribution >= 0.6 is 23.6 Å². The molecule has 1 unspecified atom stereocenters. The van der Waals surface area contributed by atoms with Crippen LogP contribution in [0.2, 0.25) is 0 Å². The van der Waals surface area contributed by atoms with Crippen LogP contribution in [-0.4, -0.2) is 27.0 Å². The van der Waals surface area contributed by atoms with Crippen molar-refractivity contribution in [1.82, 2.24) is 4.57 Å². The van der Waals surface area contributed by atoms with Gasteiger partial charge in [-0.3, -0.25) is 9.56 Å². The Bertz CT molecular complexity index is 877. The average Bonchev–Trinajstić information content (AvgIpc) is 3.01. The van der Waals surface area contributed by atoms with E-state index in [9.17, 15) is 9.90 Å². The molecule has 1 aliphatic heterocycles. The molecule has 0 saturated heterocycles. The third-order valence-electron chi connectivity index (χ3n) is 3.43. The van der Waals surface area contributed by atoms with Crippen LogP contribution in [0.1, 0.15) is 23.4 Å². The van der Waals surface area contributed by atoms with Gasteiger partial charge in [-0.15, -0.1) is 11.3 Å². The van der Waals surface area contributed by atoms with Gasteiger partial charge in [-0.1, -0.05) is 18.2 Å². The van der Waals surface area contributed by atoms with E-state index in [1.54, 1.807) is 12.3 Å². The average molecular weight is 332 g/mol. The van der Waals surface area contributed by atoms with E-state index in [0.717, 1.165) is 16.8 Å². The van der Waals surface area contributed by atoms with Crippen LogP contribution in [-0.2, 0) is 4.79 Å². The van der Waals surface area contributed by atoms with Crippen molar-refractivity contribution in [3.63, 3.8) is 0 Å². The third-order valence-corrected chi connectivity index (χ3v) is 4.77. The summed E-state index contributed by atoms with van der Waals surface area (Å²) in [6, 6.07) is 6.76. The Morgan fingerprint density at radius 2 is 2.18 bits per heavy atom. The Morgan fingerprint density at radius 3 is 2.91 bits per heavy atom. The van der Waals surface area contributed by atoms with Crippen molar-refractivity contribution in [3.8, 4) is 5.88 Å². The molecule has 0 radical (unpaired) electrons. The Hall–Kier alpha value is -2.25. The van der Waals surface area contributed by atoms with Gasteiger partial charge in [0, 0.05) is 17.4 Å². The zero-order valence-corrected chi connectivity index (χ0v) is 13.2. The van der Waals surface area contributed by atoms with Crippen LogP contribution in [0.3, 0.4) is 0 Å². The summed E-state index contributed by atoms with van der Waals surface area (Å²) in [5.74, 6) is -1.17.